The number of carbonyl (C=O) groups excluding carboxylic acids is 1. The summed E-state index contributed by atoms with van der Waals surface area (Å²) < 4.78 is 0. The summed E-state index contributed by atoms with van der Waals surface area (Å²) in [6.07, 6.45) is 0. The van der Waals surface area contributed by atoms with E-state index in [1.807, 2.05) is 13.8 Å². The Labute approximate surface area is 61.3 Å². The molecule has 0 aromatic carbocycles. The standard InChI is InChI=1S/C7H14N2O/c1-5(2)6(3)7(10)9-4-8/h4,8H2,1-3H3,(H,9,10). The molecule has 0 heterocycles. The van der Waals surface area contributed by atoms with E-state index < -0.39 is 0 Å². The molecule has 0 aliphatic carbocycles. The molecule has 1 amide bonds. The Morgan fingerprint density at radius 2 is 1.90 bits per heavy atom. The SMILES string of the molecule is CC(C)=C(C)C(=O)NCN. The van der Waals surface area contributed by atoms with Crippen LogP contribution in [0.5, 0.6) is 0 Å². The molecule has 10 heavy (non-hydrogen) atoms. The van der Waals surface area contributed by atoms with Gasteiger partial charge in [0.15, 0.2) is 0 Å². The van der Waals surface area contributed by atoms with E-state index in [1.165, 1.54) is 0 Å². The number of carbonyl (C=O) groups is 1. The predicted molar refractivity (Wildman–Crippen MR) is 41.2 cm³/mol. The highest BCUT2D eigenvalue weighted by atomic mass is 16.1. The van der Waals surface area contributed by atoms with E-state index in [4.69, 9.17) is 5.73 Å². The Balaban J connectivity index is 4.09. The number of amides is 1. The van der Waals surface area contributed by atoms with Crippen molar-refractivity contribution in [1.82, 2.24) is 5.32 Å². The molecule has 3 heteroatoms. The van der Waals surface area contributed by atoms with E-state index in [9.17, 15) is 4.79 Å². The lowest BCUT2D eigenvalue weighted by Crippen LogP contribution is -2.30. The molecule has 3 nitrogen and oxygen atoms in total. The molecule has 0 unspecified atom stereocenters. The lowest BCUT2D eigenvalue weighted by molar-refractivity contribution is -0.117. The molecule has 0 aliphatic heterocycles. The molecule has 0 spiro atoms. The summed E-state index contributed by atoms with van der Waals surface area (Å²) in [5.74, 6) is -0.0810. The van der Waals surface area contributed by atoms with Crippen LogP contribution in [0.2, 0.25) is 0 Å². The van der Waals surface area contributed by atoms with E-state index in [0.29, 0.717) is 0 Å². The molecular weight excluding hydrogens is 128 g/mol. The smallest absolute Gasteiger partial charge is 0.247 e. The maximum absolute atomic E-state index is 10.9. The minimum absolute atomic E-state index is 0.0810. The van der Waals surface area contributed by atoms with Crippen molar-refractivity contribution in [3.63, 3.8) is 0 Å². The summed E-state index contributed by atoms with van der Waals surface area (Å²) in [5.41, 5.74) is 6.87. The van der Waals surface area contributed by atoms with Gasteiger partial charge in [0.25, 0.3) is 0 Å². The fraction of sp³-hybridized carbons (Fsp3) is 0.571. The highest BCUT2D eigenvalue weighted by Crippen LogP contribution is 2.00. The zero-order valence-corrected chi connectivity index (χ0v) is 6.69. The van der Waals surface area contributed by atoms with Crippen LogP contribution in [0, 0.1) is 0 Å². The molecule has 3 N–H and O–H groups in total. The van der Waals surface area contributed by atoms with Crippen molar-refractivity contribution in [3.05, 3.63) is 11.1 Å². The number of rotatable bonds is 2. The molecule has 0 rings (SSSR count). The zero-order valence-electron chi connectivity index (χ0n) is 6.69. The molecule has 0 atom stereocenters. The fourth-order valence-corrected chi connectivity index (χ4v) is 0.452. The Bertz CT molecular complexity index is 157. The molecule has 0 fully saturated rings. The summed E-state index contributed by atoms with van der Waals surface area (Å²) in [4.78, 5) is 10.9. The quantitative estimate of drug-likeness (QED) is 0.432. The lowest BCUT2D eigenvalue weighted by atomic mass is 10.2. The average molecular weight is 142 g/mol. The Hall–Kier alpha value is -0.830. The molecule has 0 aromatic heterocycles. The number of hydrogen-bond acceptors (Lipinski definition) is 2. The third-order valence-electron chi connectivity index (χ3n) is 1.35. The maximum atomic E-state index is 10.9. The Morgan fingerprint density at radius 1 is 1.40 bits per heavy atom. The van der Waals surface area contributed by atoms with Crippen LogP contribution in [0.25, 0.3) is 0 Å². The second-order valence-electron chi connectivity index (χ2n) is 2.34. The van der Waals surface area contributed by atoms with Crippen LogP contribution in [-0.2, 0) is 4.79 Å². The van der Waals surface area contributed by atoms with Gasteiger partial charge < -0.3 is 11.1 Å². The Morgan fingerprint density at radius 3 is 2.20 bits per heavy atom. The van der Waals surface area contributed by atoms with Gasteiger partial charge in [-0.1, -0.05) is 5.57 Å². The van der Waals surface area contributed by atoms with Gasteiger partial charge in [0.1, 0.15) is 0 Å². The van der Waals surface area contributed by atoms with E-state index in [0.717, 1.165) is 11.1 Å². The largest absolute Gasteiger partial charge is 0.340 e. The highest BCUT2D eigenvalue weighted by Gasteiger charge is 2.01. The van der Waals surface area contributed by atoms with Gasteiger partial charge in [0.2, 0.25) is 5.91 Å². The summed E-state index contributed by atoms with van der Waals surface area (Å²) in [7, 11) is 0. The number of nitrogens with one attached hydrogen (secondary N) is 1. The van der Waals surface area contributed by atoms with Gasteiger partial charge in [0, 0.05) is 5.57 Å². The number of nitrogens with two attached hydrogens (primary N) is 1. The van der Waals surface area contributed by atoms with Crippen molar-refractivity contribution in [2.24, 2.45) is 5.73 Å². The fourth-order valence-electron chi connectivity index (χ4n) is 0.452. The third kappa shape index (κ3) is 2.64. The number of hydrogen-bond donors (Lipinski definition) is 2. The van der Waals surface area contributed by atoms with E-state index >= 15 is 0 Å². The van der Waals surface area contributed by atoms with Crippen LogP contribution < -0.4 is 11.1 Å². The Kier molecular flexibility index (Phi) is 3.72. The summed E-state index contributed by atoms with van der Waals surface area (Å²) >= 11 is 0. The molecule has 58 valence electrons. The summed E-state index contributed by atoms with van der Waals surface area (Å²) in [5, 5.41) is 2.51. The molecular formula is C7H14N2O. The monoisotopic (exact) mass is 142 g/mol. The van der Waals surface area contributed by atoms with Gasteiger partial charge in [-0.3, -0.25) is 4.79 Å². The van der Waals surface area contributed by atoms with Gasteiger partial charge >= 0.3 is 0 Å². The van der Waals surface area contributed by atoms with Gasteiger partial charge in [-0.05, 0) is 20.8 Å². The molecule has 0 aromatic rings. The number of allylic oxidation sites excluding steroid dienone is 1. The second-order valence-corrected chi connectivity index (χ2v) is 2.34. The van der Waals surface area contributed by atoms with Crippen molar-refractivity contribution in [2.45, 2.75) is 20.8 Å². The van der Waals surface area contributed by atoms with Crippen LogP contribution >= 0.6 is 0 Å². The van der Waals surface area contributed by atoms with Crippen LogP contribution in [-0.4, -0.2) is 12.6 Å². The minimum atomic E-state index is -0.0810. The van der Waals surface area contributed by atoms with Gasteiger partial charge in [0.05, 0.1) is 6.67 Å². The first-order chi connectivity index (χ1) is 4.59. The third-order valence-corrected chi connectivity index (χ3v) is 1.35. The topological polar surface area (TPSA) is 55.1 Å². The molecule has 0 saturated carbocycles. The zero-order chi connectivity index (χ0) is 8.15. The first-order valence-corrected chi connectivity index (χ1v) is 3.22. The highest BCUT2D eigenvalue weighted by molar-refractivity contribution is 5.93. The van der Waals surface area contributed by atoms with E-state index in [-0.39, 0.29) is 12.6 Å². The molecule has 0 aliphatic rings. The van der Waals surface area contributed by atoms with Crippen LogP contribution in [0.3, 0.4) is 0 Å². The predicted octanol–water partition coefficient (Wildman–Crippen LogP) is 0.375. The van der Waals surface area contributed by atoms with Crippen molar-refractivity contribution >= 4 is 5.91 Å². The molecule has 0 radical (unpaired) electrons. The molecule has 0 bridgehead atoms. The summed E-state index contributed by atoms with van der Waals surface area (Å²) in [6, 6.07) is 0. The van der Waals surface area contributed by atoms with Gasteiger partial charge in [-0.2, -0.15) is 0 Å². The van der Waals surface area contributed by atoms with Crippen LogP contribution in [0.1, 0.15) is 20.8 Å². The van der Waals surface area contributed by atoms with Crippen molar-refractivity contribution in [2.75, 3.05) is 6.67 Å². The van der Waals surface area contributed by atoms with E-state index in [1.54, 1.807) is 6.92 Å². The second kappa shape index (κ2) is 4.06. The van der Waals surface area contributed by atoms with Gasteiger partial charge in [-0.25, -0.2) is 0 Å². The average Bonchev–Trinajstić information content (AvgIpc) is 1.87. The minimum Gasteiger partial charge on any atom is -0.340 e. The van der Waals surface area contributed by atoms with Crippen molar-refractivity contribution in [1.29, 1.82) is 0 Å². The van der Waals surface area contributed by atoms with Crippen molar-refractivity contribution in [3.8, 4) is 0 Å². The van der Waals surface area contributed by atoms with Gasteiger partial charge in [-0.15, -0.1) is 0 Å². The van der Waals surface area contributed by atoms with E-state index in [2.05, 4.69) is 5.32 Å². The molecule has 0 saturated heterocycles. The normalized spacial score (nSPS) is 8.80. The van der Waals surface area contributed by atoms with Crippen LogP contribution in [0.15, 0.2) is 11.1 Å². The first kappa shape index (κ1) is 9.17. The summed E-state index contributed by atoms with van der Waals surface area (Å²) in [6.45, 7) is 5.76. The van der Waals surface area contributed by atoms with Crippen LogP contribution in [0.4, 0.5) is 0 Å². The lowest BCUT2D eigenvalue weighted by Gasteiger charge is -2.02. The first-order valence-electron chi connectivity index (χ1n) is 3.22. The van der Waals surface area contributed by atoms with Crippen molar-refractivity contribution < 1.29 is 4.79 Å². The maximum Gasteiger partial charge on any atom is 0.247 e.